The number of carbonyl (C=O) groups excluding carboxylic acids is 1. The lowest BCUT2D eigenvalue weighted by molar-refractivity contribution is 0.112. The number of rotatable bonds is 1. The molecule has 0 aliphatic carbocycles. The normalized spacial score (nSPS) is 10.7. The van der Waals surface area contributed by atoms with Crippen molar-refractivity contribution in [2.75, 3.05) is 5.73 Å². The van der Waals surface area contributed by atoms with Crippen LogP contribution in [0.3, 0.4) is 0 Å². The van der Waals surface area contributed by atoms with Crippen LogP contribution < -0.4 is 5.73 Å². The topological polar surface area (TPSA) is 48.0 Å². The molecule has 0 saturated heterocycles. The van der Waals surface area contributed by atoms with Gasteiger partial charge >= 0.3 is 0 Å². The lowest BCUT2D eigenvalue weighted by Gasteiger charge is -2.02. The number of benzene rings is 1. The van der Waals surface area contributed by atoms with Gasteiger partial charge in [0.1, 0.15) is 0 Å². The zero-order valence-corrected chi connectivity index (χ0v) is 8.24. The van der Waals surface area contributed by atoms with Crippen LogP contribution in [0, 0.1) is 6.92 Å². The molecular formula is C11H12N2O. The van der Waals surface area contributed by atoms with Gasteiger partial charge in [-0.25, -0.2) is 0 Å². The maximum atomic E-state index is 10.8. The highest BCUT2D eigenvalue weighted by Gasteiger charge is 2.09. The van der Waals surface area contributed by atoms with Crippen LogP contribution in [0.4, 0.5) is 5.69 Å². The largest absolute Gasteiger partial charge is 0.398 e. The second kappa shape index (κ2) is 2.87. The van der Waals surface area contributed by atoms with E-state index < -0.39 is 0 Å². The summed E-state index contributed by atoms with van der Waals surface area (Å²) in [6, 6.07) is 3.80. The van der Waals surface area contributed by atoms with Crippen molar-refractivity contribution in [1.29, 1.82) is 0 Å². The van der Waals surface area contributed by atoms with Crippen LogP contribution in [-0.2, 0) is 7.05 Å². The second-order valence-electron chi connectivity index (χ2n) is 3.49. The van der Waals surface area contributed by atoms with Crippen LogP contribution in [0.5, 0.6) is 0 Å². The van der Waals surface area contributed by atoms with Crippen LogP contribution in [0.2, 0.25) is 0 Å². The molecule has 0 saturated carbocycles. The number of aryl methyl sites for hydroxylation is 2. The van der Waals surface area contributed by atoms with Crippen LogP contribution >= 0.6 is 0 Å². The zero-order chi connectivity index (χ0) is 10.3. The number of hydrogen-bond donors (Lipinski definition) is 1. The van der Waals surface area contributed by atoms with Gasteiger partial charge in [0.05, 0.1) is 0 Å². The SMILES string of the molecule is Cc1c(N)ccc2c1c(C=O)cn2C. The summed E-state index contributed by atoms with van der Waals surface area (Å²) in [4.78, 5) is 10.8. The molecule has 3 heteroatoms. The van der Waals surface area contributed by atoms with Crippen molar-refractivity contribution in [3.63, 3.8) is 0 Å². The van der Waals surface area contributed by atoms with Crippen molar-refractivity contribution < 1.29 is 4.79 Å². The van der Waals surface area contributed by atoms with Gasteiger partial charge in [-0.05, 0) is 24.6 Å². The molecule has 72 valence electrons. The van der Waals surface area contributed by atoms with Gasteiger partial charge in [0, 0.05) is 35.4 Å². The summed E-state index contributed by atoms with van der Waals surface area (Å²) in [5.74, 6) is 0. The molecule has 1 aromatic carbocycles. The maximum Gasteiger partial charge on any atom is 0.152 e. The minimum absolute atomic E-state index is 0.701. The molecule has 2 rings (SSSR count). The first-order valence-corrected chi connectivity index (χ1v) is 4.44. The Balaban J connectivity index is 2.98. The molecule has 0 aliphatic heterocycles. The highest BCUT2D eigenvalue weighted by atomic mass is 16.1. The first-order chi connectivity index (χ1) is 6.65. The molecular weight excluding hydrogens is 176 g/mol. The Labute approximate surface area is 82.1 Å². The molecule has 0 atom stereocenters. The lowest BCUT2D eigenvalue weighted by atomic mass is 10.1. The van der Waals surface area contributed by atoms with E-state index in [1.165, 1.54) is 0 Å². The summed E-state index contributed by atoms with van der Waals surface area (Å²) in [6.07, 6.45) is 2.69. The highest BCUT2D eigenvalue weighted by Crippen LogP contribution is 2.26. The summed E-state index contributed by atoms with van der Waals surface area (Å²) in [7, 11) is 1.92. The molecule has 2 N–H and O–H groups in total. The fourth-order valence-electron chi connectivity index (χ4n) is 1.80. The summed E-state index contributed by atoms with van der Waals surface area (Å²) < 4.78 is 1.94. The summed E-state index contributed by atoms with van der Waals surface area (Å²) in [6.45, 7) is 1.94. The molecule has 0 bridgehead atoms. The molecule has 1 heterocycles. The summed E-state index contributed by atoms with van der Waals surface area (Å²) in [5, 5.41) is 0.961. The van der Waals surface area contributed by atoms with E-state index >= 15 is 0 Å². The van der Waals surface area contributed by atoms with Crippen molar-refractivity contribution in [2.24, 2.45) is 7.05 Å². The van der Waals surface area contributed by atoms with Crippen LogP contribution in [-0.4, -0.2) is 10.9 Å². The van der Waals surface area contributed by atoms with E-state index in [0.29, 0.717) is 5.56 Å². The van der Waals surface area contributed by atoms with E-state index in [9.17, 15) is 4.79 Å². The summed E-state index contributed by atoms with van der Waals surface area (Å²) >= 11 is 0. The monoisotopic (exact) mass is 188 g/mol. The third-order valence-corrected chi connectivity index (χ3v) is 2.61. The number of nitrogens with zero attached hydrogens (tertiary/aromatic N) is 1. The zero-order valence-electron chi connectivity index (χ0n) is 8.24. The quantitative estimate of drug-likeness (QED) is 0.548. The number of aromatic nitrogens is 1. The number of aldehydes is 1. The number of carbonyl (C=O) groups is 1. The Hall–Kier alpha value is -1.77. The van der Waals surface area contributed by atoms with Crippen LogP contribution in [0.15, 0.2) is 18.3 Å². The average molecular weight is 188 g/mol. The molecule has 2 aromatic rings. The molecule has 0 fully saturated rings. The molecule has 0 radical (unpaired) electrons. The Bertz CT molecular complexity index is 511. The van der Waals surface area contributed by atoms with Crippen LogP contribution in [0.25, 0.3) is 10.9 Å². The first kappa shape index (κ1) is 8.81. The third kappa shape index (κ3) is 1.02. The molecule has 0 aliphatic rings. The van der Waals surface area contributed by atoms with Crippen molar-refractivity contribution in [1.82, 2.24) is 4.57 Å². The van der Waals surface area contributed by atoms with E-state index in [1.807, 2.05) is 36.9 Å². The van der Waals surface area contributed by atoms with E-state index in [1.54, 1.807) is 0 Å². The van der Waals surface area contributed by atoms with Gasteiger partial charge in [0.2, 0.25) is 0 Å². The minimum atomic E-state index is 0.701. The number of fused-ring (bicyclic) bond motifs is 1. The number of nitrogen functional groups attached to an aromatic ring is 1. The van der Waals surface area contributed by atoms with Gasteiger partial charge in [-0.15, -0.1) is 0 Å². The highest BCUT2D eigenvalue weighted by molar-refractivity contribution is 6.01. The molecule has 0 spiro atoms. The Morgan fingerprint density at radius 1 is 1.43 bits per heavy atom. The number of nitrogens with two attached hydrogens (primary N) is 1. The minimum Gasteiger partial charge on any atom is -0.398 e. The standard InChI is InChI=1S/C11H12N2O/c1-7-9(12)3-4-10-11(7)8(6-14)5-13(10)2/h3-6H,12H2,1-2H3. The predicted octanol–water partition coefficient (Wildman–Crippen LogP) is 1.88. The summed E-state index contributed by atoms with van der Waals surface area (Å²) in [5.41, 5.74) is 9.24. The molecule has 14 heavy (non-hydrogen) atoms. The predicted molar refractivity (Wildman–Crippen MR) is 57.5 cm³/mol. The van der Waals surface area contributed by atoms with Crippen LogP contribution in [0.1, 0.15) is 15.9 Å². The van der Waals surface area contributed by atoms with Crippen molar-refractivity contribution >= 4 is 22.9 Å². The molecule has 0 unspecified atom stereocenters. The Kier molecular flexibility index (Phi) is 1.81. The van der Waals surface area contributed by atoms with Crippen molar-refractivity contribution in [3.05, 3.63) is 29.5 Å². The number of hydrogen-bond acceptors (Lipinski definition) is 2. The van der Waals surface area contributed by atoms with E-state index in [0.717, 1.165) is 28.4 Å². The molecule has 3 nitrogen and oxygen atoms in total. The van der Waals surface area contributed by atoms with Gasteiger partial charge in [0.15, 0.2) is 6.29 Å². The maximum absolute atomic E-state index is 10.8. The van der Waals surface area contributed by atoms with Gasteiger partial charge in [-0.1, -0.05) is 0 Å². The van der Waals surface area contributed by atoms with Gasteiger partial charge in [-0.3, -0.25) is 4.79 Å². The van der Waals surface area contributed by atoms with Gasteiger partial charge in [0.25, 0.3) is 0 Å². The molecule has 0 amide bonds. The molecule has 1 aromatic heterocycles. The fraction of sp³-hybridized carbons (Fsp3) is 0.182. The van der Waals surface area contributed by atoms with E-state index in [-0.39, 0.29) is 0 Å². The fourth-order valence-corrected chi connectivity index (χ4v) is 1.80. The van der Waals surface area contributed by atoms with Gasteiger partial charge < -0.3 is 10.3 Å². The van der Waals surface area contributed by atoms with Crippen molar-refractivity contribution in [2.45, 2.75) is 6.92 Å². The smallest absolute Gasteiger partial charge is 0.152 e. The Morgan fingerprint density at radius 3 is 2.79 bits per heavy atom. The van der Waals surface area contributed by atoms with Gasteiger partial charge in [-0.2, -0.15) is 0 Å². The second-order valence-corrected chi connectivity index (χ2v) is 3.49. The number of anilines is 1. The lowest BCUT2D eigenvalue weighted by Crippen LogP contribution is -1.91. The van der Waals surface area contributed by atoms with Crippen molar-refractivity contribution in [3.8, 4) is 0 Å². The van der Waals surface area contributed by atoms with E-state index in [2.05, 4.69) is 0 Å². The Morgan fingerprint density at radius 2 is 2.14 bits per heavy atom. The van der Waals surface area contributed by atoms with E-state index in [4.69, 9.17) is 5.73 Å². The average Bonchev–Trinajstić information content (AvgIpc) is 2.50. The first-order valence-electron chi connectivity index (χ1n) is 4.44. The third-order valence-electron chi connectivity index (χ3n) is 2.61.